The van der Waals surface area contributed by atoms with Gasteiger partial charge in [-0.2, -0.15) is 0 Å². The topological polar surface area (TPSA) is 12.0 Å². The molecule has 1 rings (SSSR count). The molecular formula is C10H13ClIN. The van der Waals surface area contributed by atoms with Gasteiger partial charge in [-0.3, -0.25) is 0 Å². The Morgan fingerprint density at radius 1 is 1.46 bits per heavy atom. The van der Waals surface area contributed by atoms with Gasteiger partial charge in [0.25, 0.3) is 0 Å². The lowest BCUT2D eigenvalue weighted by Gasteiger charge is -2.07. The van der Waals surface area contributed by atoms with Gasteiger partial charge in [0, 0.05) is 10.1 Å². The maximum Gasteiger partial charge on any atom is 0.0648 e. The van der Waals surface area contributed by atoms with Crippen molar-refractivity contribution in [2.75, 3.05) is 11.9 Å². The minimum Gasteiger partial charge on any atom is -0.384 e. The number of halogens is 2. The van der Waals surface area contributed by atoms with Crippen molar-refractivity contribution >= 4 is 39.9 Å². The third-order valence-corrected chi connectivity index (χ3v) is 2.76. The molecule has 0 saturated heterocycles. The van der Waals surface area contributed by atoms with Crippen molar-refractivity contribution in [3.63, 3.8) is 0 Å². The first-order chi connectivity index (χ1) is 6.24. The average molecular weight is 310 g/mol. The van der Waals surface area contributed by atoms with E-state index in [0.717, 1.165) is 17.3 Å². The van der Waals surface area contributed by atoms with Crippen LogP contribution in [0.1, 0.15) is 19.8 Å². The number of anilines is 1. The van der Waals surface area contributed by atoms with E-state index in [9.17, 15) is 0 Å². The molecule has 13 heavy (non-hydrogen) atoms. The first-order valence-corrected chi connectivity index (χ1v) is 5.88. The molecule has 0 aliphatic rings. The third kappa shape index (κ3) is 3.73. The zero-order valence-electron chi connectivity index (χ0n) is 7.61. The van der Waals surface area contributed by atoms with Gasteiger partial charge >= 0.3 is 0 Å². The number of benzene rings is 1. The Morgan fingerprint density at radius 2 is 2.23 bits per heavy atom. The molecule has 3 heteroatoms. The number of hydrogen-bond donors (Lipinski definition) is 1. The highest BCUT2D eigenvalue weighted by atomic mass is 127. The second-order valence-corrected chi connectivity index (χ2v) is 4.56. The predicted molar refractivity (Wildman–Crippen MR) is 67.6 cm³/mol. The van der Waals surface area contributed by atoms with Crippen LogP contribution in [0.5, 0.6) is 0 Å². The van der Waals surface area contributed by atoms with Crippen molar-refractivity contribution in [2.45, 2.75) is 19.8 Å². The molecule has 0 aromatic heterocycles. The fraction of sp³-hybridized carbons (Fsp3) is 0.400. The van der Waals surface area contributed by atoms with Gasteiger partial charge in [-0.15, -0.1) is 0 Å². The highest BCUT2D eigenvalue weighted by Gasteiger charge is 1.98. The molecular weight excluding hydrogens is 296 g/mol. The molecule has 0 aliphatic heterocycles. The van der Waals surface area contributed by atoms with Gasteiger partial charge in [0.15, 0.2) is 0 Å². The molecule has 0 atom stereocenters. The second-order valence-electron chi connectivity index (χ2n) is 2.90. The zero-order chi connectivity index (χ0) is 9.68. The van der Waals surface area contributed by atoms with Gasteiger partial charge in [0.2, 0.25) is 0 Å². The summed E-state index contributed by atoms with van der Waals surface area (Å²) in [6, 6.07) is 6.05. The quantitative estimate of drug-likeness (QED) is 0.650. The molecule has 1 aromatic carbocycles. The molecule has 0 fully saturated rings. The summed E-state index contributed by atoms with van der Waals surface area (Å²) in [6.45, 7) is 3.17. The molecule has 1 nitrogen and oxygen atoms in total. The molecule has 0 heterocycles. The van der Waals surface area contributed by atoms with Crippen molar-refractivity contribution in [2.24, 2.45) is 0 Å². The molecule has 72 valence electrons. The van der Waals surface area contributed by atoms with E-state index in [2.05, 4.69) is 40.9 Å². The fourth-order valence-corrected chi connectivity index (χ4v) is 1.96. The first kappa shape index (κ1) is 11.1. The molecule has 1 N–H and O–H groups in total. The Labute approximate surface area is 98.0 Å². The summed E-state index contributed by atoms with van der Waals surface area (Å²) < 4.78 is 1.17. The Balaban J connectivity index is 2.56. The van der Waals surface area contributed by atoms with Crippen molar-refractivity contribution in [3.05, 3.63) is 26.8 Å². The SMILES string of the molecule is CCCCNc1ccc(I)cc1Cl. The number of hydrogen-bond acceptors (Lipinski definition) is 1. The largest absolute Gasteiger partial charge is 0.384 e. The molecule has 1 aromatic rings. The summed E-state index contributed by atoms with van der Waals surface area (Å²) in [7, 11) is 0. The summed E-state index contributed by atoms with van der Waals surface area (Å²) in [5, 5.41) is 4.11. The molecule has 0 unspecified atom stereocenters. The first-order valence-electron chi connectivity index (χ1n) is 4.43. The van der Waals surface area contributed by atoms with Crippen molar-refractivity contribution in [3.8, 4) is 0 Å². The van der Waals surface area contributed by atoms with Crippen LogP contribution in [0.4, 0.5) is 5.69 Å². The smallest absolute Gasteiger partial charge is 0.0648 e. The average Bonchev–Trinajstić information content (AvgIpc) is 2.09. The Hall–Kier alpha value is 0.0400. The van der Waals surface area contributed by atoms with Crippen LogP contribution >= 0.6 is 34.2 Å². The molecule has 0 saturated carbocycles. The monoisotopic (exact) mass is 309 g/mol. The lowest BCUT2D eigenvalue weighted by Crippen LogP contribution is -2.01. The van der Waals surface area contributed by atoms with Crippen LogP contribution in [0.3, 0.4) is 0 Å². The van der Waals surface area contributed by atoms with Crippen molar-refractivity contribution in [1.82, 2.24) is 0 Å². The van der Waals surface area contributed by atoms with Crippen LogP contribution in [0, 0.1) is 3.57 Å². The van der Waals surface area contributed by atoms with E-state index in [1.165, 1.54) is 16.4 Å². The number of unbranched alkanes of at least 4 members (excludes halogenated alkanes) is 1. The standard InChI is InChI=1S/C10H13ClIN/c1-2-3-6-13-10-5-4-8(12)7-9(10)11/h4-5,7,13H,2-3,6H2,1H3. The van der Waals surface area contributed by atoms with Gasteiger partial charge in [-0.25, -0.2) is 0 Å². The predicted octanol–water partition coefficient (Wildman–Crippen LogP) is 4.16. The molecule has 0 spiro atoms. The van der Waals surface area contributed by atoms with Crippen molar-refractivity contribution < 1.29 is 0 Å². The van der Waals surface area contributed by atoms with Crippen LogP contribution < -0.4 is 5.32 Å². The van der Waals surface area contributed by atoms with E-state index >= 15 is 0 Å². The van der Waals surface area contributed by atoms with Crippen molar-refractivity contribution in [1.29, 1.82) is 0 Å². The van der Waals surface area contributed by atoms with Gasteiger partial charge < -0.3 is 5.32 Å². The van der Waals surface area contributed by atoms with Crippen LogP contribution in [0.25, 0.3) is 0 Å². The van der Waals surface area contributed by atoms with E-state index in [0.29, 0.717) is 0 Å². The zero-order valence-corrected chi connectivity index (χ0v) is 10.5. The minimum absolute atomic E-state index is 0.808. The lowest BCUT2D eigenvalue weighted by molar-refractivity contribution is 0.834. The second kappa shape index (κ2) is 5.70. The summed E-state index contributed by atoms with van der Waals surface area (Å²) in [5.74, 6) is 0. The Kier molecular flexibility index (Phi) is 4.88. The number of rotatable bonds is 4. The minimum atomic E-state index is 0.808. The van der Waals surface area contributed by atoms with E-state index < -0.39 is 0 Å². The van der Waals surface area contributed by atoms with Crippen LogP contribution in [0.15, 0.2) is 18.2 Å². The summed E-state index contributed by atoms with van der Waals surface area (Å²) in [6.07, 6.45) is 2.39. The maximum atomic E-state index is 6.04. The van der Waals surface area contributed by atoms with E-state index in [1.807, 2.05) is 12.1 Å². The van der Waals surface area contributed by atoms with Crippen LogP contribution in [-0.4, -0.2) is 6.54 Å². The highest BCUT2D eigenvalue weighted by molar-refractivity contribution is 14.1. The third-order valence-electron chi connectivity index (χ3n) is 1.78. The van der Waals surface area contributed by atoms with Crippen LogP contribution in [-0.2, 0) is 0 Å². The maximum absolute atomic E-state index is 6.04. The van der Waals surface area contributed by atoms with E-state index in [-0.39, 0.29) is 0 Å². The van der Waals surface area contributed by atoms with Gasteiger partial charge in [-0.1, -0.05) is 24.9 Å². The molecule has 0 aliphatic carbocycles. The molecule has 0 amide bonds. The Morgan fingerprint density at radius 3 is 2.85 bits per heavy atom. The number of nitrogens with one attached hydrogen (secondary N) is 1. The van der Waals surface area contributed by atoms with Crippen LogP contribution in [0.2, 0.25) is 5.02 Å². The summed E-state index contributed by atoms with van der Waals surface area (Å²) in [5.41, 5.74) is 1.04. The normalized spacial score (nSPS) is 10.1. The molecule has 0 radical (unpaired) electrons. The van der Waals surface area contributed by atoms with E-state index in [4.69, 9.17) is 11.6 Å². The van der Waals surface area contributed by atoms with Gasteiger partial charge in [0.05, 0.1) is 10.7 Å². The fourth-order valence-electron chi connectivity index (χ4n) is 1.03. The van der Waals surface area contributed by atoms with E-state index in [1.54, 1.807) is 0 Å². The summed E-state index contributed by atoms with van der Waals surface area (Å²) in [4.78, 5) is 0. The van der Waals surface area contributed by atoms with Gasteiger partial charge in [0.1, 0.15) is 0 Å². The van der Waals surface area contributed by atoms with Gasteiger partial charge in [-0.05, 0) is 47.2 Å². The Bertz CT molecular complexity index is 276. The molecule has 0 bridgehead atoms. The highest BCUT2D eigenvalue weighted by Crippen LogP contribution is 2.23. The summed E-state index contributed by atoms with van der Waals surface area (Å²) >= 11 is 8.30. The lowest BCUT2D eigenvalue weighted by atomic mass is 10.3.